The van der Waals surface area contributed by atoms with Gasteiger partial charge in [0.25, 0.3) is 0 Å². The van der Waals surface area contributed by atoms with Crippen LogP contribution in [0.25, 0.3) is 34.1 Å². The molecular weight excluding hydrogens is 232 g/mol. The van der Waals surface area contributed by atoms with Gasteiger partial charge >= 0.3 is 0 Å². The number of nitrogens with one attached hydrogen (secondary N) is 2. The summed E-state index contributed by atoms with van der Waals surface area (Å²) in [5, 5.41) is 8.71. The van der Waals surface area contributed by atoms with Crippen LogP contribution in [0.1, 0.15) is 11.1 Å². The van der Waals surface area contributed by atoms with Gasteiger partial charge in [0.1, 0.15) is 0 Å². The van der Waals surface area contributed by atoms with Crippen molar-refractivity contribution >= 4 is 34.1 Å². The van der Waals surface area contributed by atoms with Crippen LogP contribution in [-0.2, 0) is 0 Å². The molecule has 0 radical (unpaired) electrons. The van der Waals surface area contributed by atoms with Gasteiger partial charge in [-0.05, 0) is 36.3 Å². The number of rotatable bonds is 0. The molecule has 94 valence electrons. The molecule has 0 saturated heterocycles. The zero-order valence-corrected chi connectivity index (χ0v) is 11.2. The third-order valence-corrected chi connectivity index (χ3v) is 4.22. The van der Waals surface area contributed by atoms with E-state index in [1.54, 1.807) is 0 Å². The summed E-state index contributed by atoms with van der Waals surface area (Å²) < 4.78 is 0. The average Bonchev–Trinajstić information content (AvgIpc) is 2.84. The average molecular weight is 248 g/mol. The molecule has 0 amide bonds. The van der Waals surface area contributed by atoms with Crippen molar-refractivity contribution in [2.45, 2.75) is 13.8 Å². The Kier molecular flexibility index (Phi) is 2.05. The second kappa shape index (κ2) is 3.64. The molecule has 0 spiro atoms. The normalized spacial score (nSPS) is 13.8. The minimum absolute atomic E-state index is 0.916. The number of aryl methyl sites for hydroxylation is 2. The van der Waals surface area contributed by atoms with E-state index in [-0.39, 0.29) is 0 Å². The number of aromatic amines is 1. The first-order valence-electron chi connectivity index (χ1n) is 6.71. The molecule has 3 aromatic rings. The fourth-order valence-corrected chi connectivity index (χ4v) is 3.26. The van der Waals surface area contributed by atoms with Crippen LogP contribution in [0.5, 0.6) is 0 Å². The fraction of sp³-hybridized carbons (Fsp3) is 0.176. The van der Waals surface area contributed by atoms with Crippen molar-refractivity contribution in [3.8, 4) is 0 Å². The highest BCUT2D eigenvalue weighted by molar-refractivity contribution is 6.10. The first-order valence-corrected chi connectivity index (χ1v) is 6.71. The highest BCUT2D eigenvalue weighted by atomic mass is 14.8. The number of aromatic nitrogens is 1. The van der Waals surface area contributed by atoms with E-state index in [0.29, 0.717) is 0 Å². The summed E-state index contributed by atoms with van der Waals surface area (Å²) in [5.41, 5.74) is 5.21. The molecule has 0 atom stereocenters. The summed E-state index contributed by atoms with van der Waals surface area (Å²) in [7, 11) is 0. The van der Waals surface area contributed by atoms with E-state index in [1.165, 1.54) is 43.4 Å². The van der Waals surface area contributed by atoms with Crippen molar-refractivity contribution in [2.24, 2.45) is 0 Å². The summed E-state index contributed by atoms with van der Waals surface area (Å²) in [6, 6.07) is 8.55. The zero-order valence-electron chi connectivity index (χ0n) is 11.2. The first-order chi connectivity index (χ1) is 9.27. The van der Waals surface area contributed by atoms with Gasteiger partial charge in [0.05, 0.1) is 5.52 Å². The summed E-state index contributed by atoms with van der Waals surface area (Å²) in [6.45, 7) is 5.35. The van der Waals surface area contributed by atoms with Gasteiger partial charge in [0, 0.05) is 34.3 Å². The van der Waals surface area contributed by atoms with Gasteiger partial charge in [-0.3, -0.25) is 0 Å². The van der Waals surface area contributed by atoms with Crippen molar-refractivity contribution in [2.75, 3.05) is 6.54 Å². The lowest BCUT2D eigenvalue weighted by Crippen LogP contribution is -2.37. The highest BCUT2D eigenvalue weighted by Crippen LogP contribution is 2.27. The molecule has 0 aliphatic carbocycles. The summed E-state index contributed by atoms with van der Waals surface area (Å²) in [6.07, 6.45) is 4.43. The number of hydrogen-bond donors (Lipinski definition) is 2. The minimum Gasteiger partial charge on any atom is -0.387 e. The zero-order chi connectivity index (χ0) is 13.0. The molecule has 1 aliphatic heterocycles. The van der Waals surface area contributed by atoms with E-state index < -0.39 is 0 Å². The molecule has 0 unspecified atom stereocenters. The van der Waals surface area contributed by atoms with E-state index in [2.05, 4.69) is 60.7 Å². The van der Waals surface area contributed by atoms with E-state index >= 15 is 0 Å². The largest absolute Gasteiger partial charge is 0.387 e. The Labute approximate surface area is 111 Å². The summed E-state index contributed by atoms with van der Waals surface area (Å²) in [5.74, 6) is 0. The van der Waals surface area contributed by atoms with E-state index in [1.807, 2.05) is 0 Å². The van der Waals surface area contributed by atoms with Crippen LogP contribution >= 0.6 is 0 Å². The maximum Gasteiger partial charge on any atom is 0.0503 e. The van der Waals surface area contributed by atoms with E-state index in [4.69, 9.17) is 0 Å². The monoisotopic (exact) mass is 248 g/mol. The molecule has 2 heterocycles. The molecule has 2 heteroatoms. The molecule has 2 nitrogen and oxygen atoms in total. The predicted octanol–water partition coefficient (Wildman–Crippen LogP) is 2.06. The maximum atomic E-state index is 3.58. The Morgan fingerprint density at radius 2 is 1.84 bits per heavy atom. The predicted molar refractivity (Wildman–Crippen MR) is 81.5 cm³/mol. The summed E-state index contributed by atoms with van der Waals surface area (Å²) in [4.78, 5) is 3.58. The third kappa shape index (κ3) is 1.31. The van der Waals surface area contributed by atoms with Gasteiger partial charge in [0.15, 0.2) is 0 Å². The van der Waals surface area contributed by atoms with Crippen molar-refractivity contribution in [3.63, 3.8) is 0 Å². The lowest BCUT2D eigenvalue weighted by molar-refractivity contribution is 1.05. The van der Waals surface area contributed by atoms with E-state index in [0.717, 1.165) is 6.54 Å². The van der Waals surface area contributed by atoms with Crippen LogP contribution in [0, 0.1) is 13.8 Å². The number of hydrogen-bond acceptors (Lipinski definition) is 1. The number of H-pyrrole nitrogens is 1. The molecule has 0 bridgehead atoms. The third-order valence-electron chi connectivity index (χ3n) is 4.22. The number of fused-ring (bicyclic) bond motifs is 4. The van der Waals surface area contributed by atoms with Crippen LogP contribution in [-0.4, -0.2) is 11.5 Å². The van der Waals surface area contributed by atoms with Crippen molar-refractivity contribution < 1.29 is 0 Å². The van der Waals surface area contributed by atoms with Crippen LogP contribution < -0.4 is 15.8 Å². The van der Waals surface area contributed by atoms with Crippen molar-refractivity contribution in [1.82, 2.24) is 10.3 Å². The van der Waals surface area contributed by atoms with Gasteiger partial charge in [0.2, 0.25) is 0 Å². The van der Waals surface area contributed by atoms with Crippen LogP contribution in [0.15, 0.2) is 24.3 Å². The smallest absolute Gasteiger partial charge is 0.0503 e. The first kappa shape index (κ1) is 10.7. The SMILES string of the molecule is Cc1c2c(c(C)c3c1[nH]c1ccccc13)=CNCC=2. The Morgan fingerprint density at radius 1 is 1.00 bits per heavy atom. The van der Waals surface area contributed by atoms with E-state index in [9.17, 15) is 0 Å². The molecule has 0 saturated carbocycles. The summed E-state index contributed by atoms with van der Waals surface area (Å²) >= 11 is 0. The molecule has 2 aromatic carbocycles. The molecule has 1 aliphatic rings. The molecule has 4 rings (SSSR count). The van der Waals surface area contributed by atoms with Crippen molar-refractivity contribution in [3.05, 3.63) is 45.8 Å². The van der Waals surface area contributed by atoms with Gasteiger partial charge < -0.3 is 10.3 Å². The molecule has 19 heavy (non-hydrogen) atoms. The Hall–Kier alpha value is -2.22. The molecule has 1 aromatic heterocycles. The quantitative estimate of drug-likeness (QED) is 0.626. The maximum absolute atomic E-state index is 3.58. The fourth-order valence-electron chi connectivity index (χ4n) is 3.26. The lowest BCUT2D eigenvalue weighted by Gasteiger charge is -2.10. The number of benzene rings is 2. The number of para-hydroxylation sites is 1. The molecule has 0 fully saturated rings. The Morgan fingerprint density at radius 3 is 2.74 bits per heavy atom. The van der Waals surface area contributed by atoms with Gasteiger partial charge in [-0.1, -0.05) is 24.3 Å². The van der Waals surface area contributed by atoms with Crippen molar-refractivity contribution in [1.29, 1.82) is 0 Å². The van der Waals surface area contributed by atoms with Gasteiger partial charge in [-0.25, -0.2) is 0 Å². The van der Waals surface area contributed by atoms with Crippen LogP contribution in [0.3, 0.4) is 0 Å². The lowest BCUT2D eigenvalue weighted by atomic mass is 9.98. The van der Waals surface area contributed by atoms with Gasteiger partial charge in [-0.2, -0.15) is 0 Å². The van der Waals surface area contributed by atoms with Gasteiger partial charge in [-0.15, -0.1) is 0 Å². The molecular formula is C17H16N2. The second-order valence-electron chi connectivity index (χ2n) is 5.25. The topological polar surface area (TPSA) is 27.8 Å². The van der Waals surface area contributed by atoms with Crippen LogP contribution in [0.2, 0.25) is 0 Å². The Bertz CT molecular complexity index is 929. The van der Waals surface area contributed by atoms with Crippen LogP contribution in [0.4, 0.5) is 0 Å². The molecule has 2 N–H and O–H groups in total. The minimum atomic E-state index is 0.916. The Balaban J connectivity index is 2.39. The second-order valence-corrected chi connectivity index (χ2v) is 5.25. The standard InChI is InChI=1S/C17H16N2/c1-10-14-9-18-8-7-12(14)11(2)17-16(10)13-5-3-4-6-15(13)19-17/h3-7,9,18-19H,8H2,1-2H3. The highest BCUT2D eigenvalue weighted by Gasteiger charge is 2.12.